The van der Waals surface area contributed by atoms with Gasteiger partial charge in [-0.05, 0) is 61.4 Å². The van der Waals surface area contributed by atoms with Gasteiger partial charge in [0.25, 0.3) is 11.7 Å². The van der Waals surface area contributed by atoms with Crippen molar-refractivity contribution >= 4 is 23.1 Å². The van der Waals surface area contributed by atoms with E-state index < -0.39 is 29.3 Å². The summed E-state index contributed by atoms with van der Waals surface area (Å²) in [5, 5.41) is 11.2. The molecule has 1 unspecified atom stereocenters. The predicted molar refractivity (Wildman–Crippen MR) is 118 cm³/mol. The third kappa shape index (κ3) is 3.41. The Bertz CT molecular complexity index is 1250. The fraction of sp³-hybridized carbons (Fsp3) is 0.160. The lowest BCUT2D eigenvalue weighted by molar-refractivity contribution is -0.132. The number of halogens is 1. The molecule has 1 amide bonds. The summed E-state index contributed by atoms with van der Waals surface area (Å²) in [5.74, 6) is -2.66. The summed E-state index contributed by atoms with van der Waals surface area (Å²) in [7, 11) is 1.37. The monoisotopic (exact) mass is 432 g/mol. The van der Waals surface area contributed by atoms with Crippen LogP contribution < -0.4 is 9.64 Å². The number of rotatable bonds is 4. The second kappa shape index (κ2) is 8.26. The molecule has 1 aliphatic heterocycles. The zero-order valence-electron chi connectivity index (χ0n) is 17.8. The lowest BCUT2D eigenvalue weighted by Crippen LogP contribution is -2.30. The summed E-state index contributed by atoms with van der Waals surface area (Å²) < 4.78 is 19.2. The first-order valence-corrected chi connectivity index (χ1v) is 9.97. The van der Waals surface area contributed by atoms with Crippen LogP contribution in [-0.4, -0.2) is 28.9 Å². The quantitative estimate of drug-likeness (QED) is 0.374. The number of aliphatic hydroxyl groups is 1. The van der Waals surface area contributed by atoms with Gasteiger partial charge in [-0.25, -0.2) is 4.39 Å². The molecule has 0 bridgehead atoms. The standard InChI is InChI=1S/C25H21FN2O4/c1-14-7-6-9-19(15(14)2)28-22(18-8-4-5-12-27-18)21(24(30)25(28)31)23(29)17-13-16(26)10-11-20(17)32-3/h4-13,22,29H,1-3H3/b23-21+. The molecule has 0 aliphatic carbocycles. The Morgan fingerprint density at radius 3 is 2.56 bits per heavy atom. The summed E-state index contributed by atoms with van der Waals surface area (Å²) >= 11 is 0. The average molecular weight is 432 g/mol. The number of aromatic nitrogens is 1. The fourth-order valence-corrected chi connectivity index (χ4v) is 3.91. The number of ketones is 1. The van der Waals surface area contributed by atoms with Crippen molar-refractivity contribution in [3.63, 3.8) is 0 Å². The van der Waals surface area contributed by atoms with Crippen molar-refractivity contribution in [3.05, 3.63) is 94.6 Å². The molecule has 7 heteroatoms. The maximum absolute atomic E-state index is 14.0. The smallest absolute Gasteiger partial charge is 0.300 e. The molecule has 1 fully saturated rings. The van der Waals surface area contributed by atoms with Crippen LogP contribution in [0.3, 0.4) is 0 Å². The van der Waals surface area contributed by atoms with Crippen LogP contribution in [0.4, 0.5) is 10.1 Å². The fourth-order valence-electron chi connectivity index (χ4n) is 3.91. The molecule has 0 radical (unpaired) electrons. The van der Waals surface area contributed by atoms with E-state index in [1.807, 2.05) is 19.9 Å². The van der Waals surface area contributed by atoms with Gasteiger partial charge in [0.15, 0.2) is 0 Å². The minimum absolute atomic E-state index is 0.0209. The van der Waals surface area contributed by atoms with Gasteiger partial charge in [-0.2, -0.15) is 0 Å². The van der Waals surface area contributed by atoms with Crippen LogP contribution in [0.1, 0.15) is 28.4 Å². The van der Waals surface area contributed by atoms with Crippen molar-refractivity contribution < 1.29 is 23.8 Å². The molecule has 0 spiro atoms. The minimum atomic E-state index is -0.996. The molecule has 2 heterocycles. The Kier molecular flexibility index (Phi) is 5.48. The maximum atomic E-state index is 14.0. The number of aliphatic hydroxyl groups excluding tert-OH is 1. The van der Waals surface area contributed by atoms with Crippen LogP contribution in [0, 0.1) is 19.7 Å². The number of anilines is 1. The molecule has 0 saturated carbocycles. The lowest BCUT2D eigenvalue weighted by atomic mass is 9.97. The van der Waals surface area contributed by atoms with Crippen molar-refractivity contribution in [2.75, 3.05) is 12.0 Å². The SMILES string of the molecule is COc1ccc(F)cc1/C(O)=C1\C(=O)C(=O)N(c2cccc(C)c2C)C1c1ccccn1. The number of pyridine rings is 1. The minimum Gasteiger partial charge on any atom is -0.507 e. The van der Waals surface area contributed by atoms with Gasteiger partial charge in [-0.15, -0.1) is 0 Å². The van der Waals surface area contributed by atoms with E-state index >= 15 is 0 Å². The number of methoxy groups -OCH3 is 1. The Labute approximate surface area is 184 Å². The Morgan fingerprint density at radius 1 is 1.09 bits per heavy atom. The molecule has 1 aromatic heterocycles. The molecule has 4 rings (SSSR count). The van der Waals surface area contributed by atoms with E-state index in [-0.39, 0.29) is 16.9 Å². The topological polar surface area (TPSA) is 79.7 Å². The zero-order valence-corrected chi connectivity index (χ0v) is 17.8. The van der Waals surface area contributed by atoms with E-state index in [9.17, 15) is 19.1 Å². The average Bonchev–Trinajstić information content (AvgIpc) is 3.06. The zero-order chi connectivity index (χ0) is 23.0. The van der Waals surface area contributed by atoms with Crippen LogP contribution in [0.2, 0.25) is 0 Å². The van der Waals surface area contributed by atoms with Crippen molar-refractivity contribution in [3.8, 4) is 5.75 Å². The molecule has 1 N–H and O–H groups in total. The maximum Gasteiger partial charge on any atom is 0.300 e. The highest BCUT2D eigenvalue weighted by Crippen LogP contribution is 2.43. The molecule has 2 aromatic carbocycles. The first-order valence-electron chi connectivity index (χ1n) is 9.97. The largest absolute Gasteiger partial charge is 0.507 e. The highest BCUT2D eigenvalue weighted by molar-refractivity contribution is 6.51. The van der Waals surface area contributed by atoms with Gasteiger partial charge in [-0.3, -0.25) is 19.5 Å². The second-order valence-electron chi connectivity index (χ2n) is 7.49. The number of hydrogen-bond donors (Lipinski definition) is 1. The third-order valence-electron chi connectivity index (χ3n) is 5.66. The lowest BCUT2D eigenvalue weighted by Gasteiger charge is -2.26. The summed E-state index contributed by atoms with van der Waals surface area (Å²) in [5.41, 5.74) is 2.48. The molecular formula is C25H21FN2O4. The molecule has 1 aliphatic rings. The van der Waals surface area contributed by atoms with Crippen LogP contribution >= 0.6 is 0 Å². The number of benzene rings is 2. The number of aryl methyl sites for hydroxylation is 1. The van der Waals surface area contributed by atoms with E-state index in [1.54, 1.807) is 36.5 Å². The first-order chi connectivity index (χ1) is 15.3. The van der Waals surface area contributed by atoms with E-state index in [1.165, 1.54) is 24.1 Å². The van der Waals surface area contributed by atoms with Gasteiger partial charge in [0, 0.05) is 11.9 Å². The number of ether oxygens (including phenoxy) is 1. The third-order valence-corrected chi connectivity index (χ3v) is 5.66. The van der Waals surface area contributed by atoms with E-state index in [0.717, 1.165) is 17.2 Å². The van der Waals surface area contributed by atoms with Crippen LogP contribution in [0.25, 0.3) is 5.76 Å². The van der Waals surface area contributed by atoms with E-state index in [2.05, 4.69) is 4.98 Å². The highest BCUT2D eigenvalue weighted by Gasteiger charge is 2.48. The van der Waals surface area contributed by atoms with Gasteiger partial charge in [0.1, 0.15) is 23.4 Å². The molecular weight excluding hydrogens is 411 g/mol. The van der Waals surface area contributed by atoms with Crippen molar-refractivity contribution in [2.45, 2.75) is 19.9 Å². The number of carbonyl (C=O) groups excluding carboxylic acids is 2. The van der Waals surface area contributed by atoms with Gasteiger partial charge >= 0.3 is 0 Å². The second-order valence-corrected chi connectivity index (χ2v) is 7.49. The summed E-state index contributed by atoms with van der Waals surface area (Å²) in [6.07, 6.45) is 1.54. The molecule has 1 atom stereocenters. The number of amides is 1. The number of hydrogen-bond acceptors (Lipinski definition) is 5. The molecule has 162 valence electrons. The number of carbonyl (C=O) groups is 2. The Morgan fingerprint density at radius 2 is 1.88 bits per heavy atom. The molecule has 3 aromatic rings. The van der Waals surface area contributed by atoms with Crippen LogP contribution in [0.5, 0.6) is 5.75 Å². The first kappa shape index (κ1) is 21.2. The number of nitrogens with zero attached hydrogens (tertiary/aromatic N) is 2. The van der Waals surface area contributed by atoms with Crippen molar-refractivity contribution in [2.24, 2.45) is 0 Å². The van der Waals surface area contributed by atoms with Gasteiger partial charge in [-0.1, -0.05) is 18.2 Å². The van der Waals surface area contributed by atoms with Crippen molar-refractivity contribution in [1.29, 1.82) is 0 Å². The van der Waals surface area contributed by atoms with E-state index in [0.29, 0.717) is 11.4 Å². The van der Waals surface area contributed by atoms with Crippen molar-refractivity contribution in [1.82, 2.24) is 4.98 Å². The molecule has 1 saturated heterocycles. The summed E-state index contributed by atoms with van der Waals surface area (Å²) in [4.78, 5) is 32.1. The van der Waals surface area contributed by atoms with E-state index in [4.69, 9.17) is 4.74 Å². The molecule has 32 heavy (non-hydrogen) atoms. The summed E-state index contributed by atoms with van der Waals surface area (Å²) in [6, 6.07) is 13.2. The van der Waals surface area contributed by atoms with Crippen LogP contribution in [-0.2, 0) is 9.59 Å². The van der Waals surface area contributed by atoms with Gasteiger partial charge in [0.2, 0.25) is 0 Å². The summed E-state index contributed by atoms with van der Waals surface area (Å²) in [6.45, 7) is 3.76. The van der Waals surface area contributed by atoms with Crippen LogP contribution in [0.15, 0.2) is 66.4 Å². The Balaban J connectivity index is 2.01. The normalized spacial score (nSPS) is 17.6. The van der Waals surface area contributed by atoms with Gasteiger partial charge < -0.3 is 9.84 Å². The predicted octanol–water partition coefficient (Wildman–Crippen LogP) is 4.47. The number of Topliss-reactive ketones (excluding diaryl/α,β-unsaturated/α-hetero) is 1. The highest BCUT2D eigenvalue weighted by atomic mass is 19.1. The van der Waals surface area contributed by atoms with Gasteiger partial charge in [0.05, 0.1) is 23.9 Å². The Hall–Kier alpha value is -4.00. The molecule has 6 nitrogen and oxygen atoms in total.